The largest absolute Gasteiger partial charge is 0.309 e. The highest BCUT2D eigenvalue weighted by Gasteiger charge is 2.33. The number of para-hydroxylation sites is 3. The zero-order valence-electron chi connectivity index (χ0n) is 21.2. The first-order chi connectivity index (χ1) is 19.4. The highest BCUT2D eigenvalue weighted by Crippen LogP contribution is 2.51. The minimum Gasteiger partial charge on any atom is -0.309 e. The number of nitrogens with zero attached hydrogens (tertiary/aromatic N) is 2. The Morgan fingerprint density at radius 3 is 1.87 bits per heavy atom. The van der Waals surface area contributed by atoms with Crippen LogP contribution in [0, 0.1) is 0 Å². The lowest BCUT2D eigenvalue weighted by Gasteiger charge is -2.14. The van der Waals surface area contributed by atoms with Crippen molar-refractivity contribution in [3.8, 4) is 11.4 Å². The van der Waals surface area contributed by atoms with E-state index in [4.69, 9.17) is 0 Å². The molecule has 2 aliphatic rings. The third kappa shape index (κ3) is 2.94. The number of benzene rings is 5. The highest BCUT2D eigenvalue weighted by molar-refractivity contribution is 8.00. The molecule has 2 aromatic heterocycles. The van der Waals surface area contributed by atoms with Gasteiger partial charge in [-0.2, -0.15) is 0 Å². The van der Waals surface area contributed by atoms with Gasteiger partial charge in [0.2, 0.25) is 0 Å². The maximum Gasteiger partial charge on any atom is 0.0601 e. The zero-order chi connectivity index (χ0) is 25.5. The molecule has 0 amide bonds. The zero-order valence-corrected chi connectivity index (χ0v) is 22.0. The molecule has 2 atom stereocenters. The molecule has 0 fully saturated rings. The maximum absolute atomic E-state index is 2.48. The van der Waals surface area contributed by atoms with E-state index >= 15 is 0 Å². The summed E-state index contributed by atoms with van der Waals surface area (Å²) in [4.78, 5) is 1.40. The second-order valence-corrected chi connectivity index (χ2v) is 11.7. The standard InChI is InChI=1S/C36H24N2S/c1-5-15-30-24(10-1)25-11-2-6-16-31(25)37(30)23-20-21-33-29(22-23)26-12-3-7-17-32(26)38(33)34-18-9-14-28-27-13-4-8-19-35(27)39-36(28)34/h1-22,27,35H. The molecule has 2 nitrogen and oxygen atoms in total. The van der Waals surface area contributed by atoms with Gasteiger partial charge in [0.05, 0.1) is 27.8 Å². The molecule has 3 heteroatoms. The van der Waals surface area contributed by atoms with Crippen LogP contribution >= 0.6 is 11.8 Å². The van der Waals surface area contributed by atoms with Gasteiger partial charge in [0.15, 0.2) is 0 Å². The van der Waals surface area contributed by atoms with E-state index < -0.39 is 0 Å². The first kappa shape index (κ1) is 21.5. The van der Waals surface area contributed by atoms with Crippen LogP contribution in [0.3, 0.4) is 0 Å². The number of thioether (sulfide) groups is 1. The molecule has 0 saturated heterocycles. The fourth-order valence-electron chi connectivity index (χ4n) is 6.79. The number of aromatic nitrogens is 2. The van der Waals surface area contributed by atoms with Crippen LogP contribution in [-0.4, -0.2) is 14.4 Å². The van der Waals surface area contributed by atoms with Crippen LogP contribution in [0.4, 0.5) is 0 Å². The summed E-state index contributed by atoms with van der Waals surface area (Å²) >= 11 is 2.00. The van der Waals surface area contributed by atoms with Crippen LogP contribution in [0.15, 0.2) is 138 Å². The monoisotopic (exact) mass is 516 g/mol. The van der Waals surface area contributed by atoms with Crippen molar-refractivity contribution in [1.82, 2.24) is 9.13 Å². The molecule has 39 heavy (non-hydrogen) atoms. The minimum atomic E-state index is 0.449. The summed E-state index contributed by atoms with van der Waals surface area (Å²) in [7, 11) is 0. The molecule has 1 aliphatic heterocycles. The van der Waals surface area contributed by atoms with E-state index in [1.165, 1.54) is 65.4 Å². The van der Waals surface area contributed by atoms with Crippen molar-refractivity contribution in [3.05, 3.63) is 139 Å². The second-order valence-electron chi connectivity index (χ2n) is 10.5. The SMILES string of the molecule is C1=CC2Sc3c(cccc3-n3c4ccccc4c4cc(-n5c6ccccc6c6ccccc65)ccc43)C2C=C1. The first-order valence-electron chi connectivity index (χ1n) is 13.5. The van der Waals surface area contributed by atoms with Crippen LogP contribution in [0.2, 0.25) is 0 Å². The fraction of sp³-hybridized carbons (Fsp3) is 0.0556. The third-order valence-electron chi connectivity index (χ3n) is 8.46. The average Bonchev–Trinajstić information content (AvgIpc) is 3.65. The quantitative estimate of drug-likeness (QED) is 0.222. The lowest BCUT2D eigenvalue weighted by Crippen LogP contribution is -2.06. The molecule has 2 unspecified atom stereocenters. The van der Waals surface area contributed by atoms with Gasteiger partial charge in [-0.05, 0) is 48.0 Å². The molecule has 184 valence electrons. The fourth-order valence-corrected chi connectivity index (χ4v) is 8.23. The maximum atomic E-state index is 2.48. The molecule has 1 aliphatic carbocycles. The lowest BCUT2D eigenvalue weighted by atomic mass is 9.92. The number of fused-ring (bicyclic) bond motifs is 9. The molecule has 0 N–H and O–H groups in total. The predicted molar refractivity (Wildman–Crippen MR) is 166 cm³/mol. The molecule has 0 spiro atoms. The van der Waals surface area contributed by atoms with Gasteiger partial charge in [-0.1, -0.05) is 91.0 Å². The summed E-state index contributed by atoms with van der Waals surface area (Å²) < 4.78 is 4.90. The van der Waals surface area contributed by atoms with Gasteiger partial charge in [-0.3, -0.25) is 0 Å². The topological polar surface area (TPSA) is 9.86 Å². The van der Waals surface area contributed by atoms with Crippen LogP contribution in [0.1, 0.15) is 11.5 Å². The second kappa shape index (κ2) is 8.02. The van der Waals surface area contributed by atoms with Crippen LogP contribution in [0.25, 0.3) is 55.0 Å². The smallest absolute Gasteiger partial charge is 0.0601 e. The third-order valence-corrected chi connectivity index (χ3v) is 9.86. The summed E-state index contributed by atoms with van der Waals surface area (Å²) in [6.07, 6.45) is 9.09. The summed E-state index contributed by atoms with van der Waals surface area (Å²) in [5.74, 6) is 0.449. The Balaban J connectivity index is 1.33. The molecule has 5 aromatic carbocycles. The Morgan fingerprint density at radius 2 is 1.13 bits per heavy atom. The summed E-state index contributed by atoms with van der Waals surface area (Å²) in [6.45, 7) is 0. The number of rotatable bonds is 2. The van der Waals surface area contributed by atoms with Gasteiger partial charge in [0, 0.05) is 43.3 Å². The summed E-state index contributed by atoms with van der Waals surface area (Å²) in [5.41, 5.74) is 8.89. The van der Waals surface area contributed by atoms with Gasteiger partial charge in [0.1, 0.15) is 0 Å². The Bertz CT molecular complexity index is 2120. The van der Waals surface area contributed by atoms with Crippen molar-refractivity contribution in [2.45, 2.75) is 16.1 Å². The lowest BCUT2D eigenvalue weighted by molar-refractivity contribution is 0.877. The van der Waals surface area contributed by atoms with Crippen molar-refractivity contribution >= 4 is 55.4 Å². The molecular weight excluding hydrogens is 492 g/mol. The van der Waals surface area contributed by atoms with Gasteiger partial charge in [0.25, 0.3) is 0 Å². The van der Waals surface area contributed by atoms with Crippen LogP contribution < -0.4 is 0 Å². The van der Waals surface area contributed by atoms with Crippen molar-refractivity contribution in [1.29, 1.82) is 0 Å². The van der Waals surface area contributed by atoms with Gasteiger partial charge < -0.3 is 9.13 Å². The Kier molecular flexibility index (Phi) is 4.41. The Labute approximate surface area is 230 Å². The molecule has 3 heterocycles. The first-order valence-corrected chi connectivity index (χ1v) is 14.4. The van der Waals surface area contributed by atoms with E-state index in [-0.39, 0.29) is 0 Å². The van der Waals surface area contributed by atoms with Crippen molar-refractivity contribution in [2.75, 3.05) is 0 Å². The van der Waals surface area contributed by atoms with Gasteiger partial charge in [-0.25, -0.2) is 0 Å². The van der Waals surface area contributed by atoms with Crippen LogP contribution in [-0.2, 0) is 0 Å². The molecular formula is C36H24N2S. The van der Waals surface area contributed by atoms with Crippen molar-refractivity contribution < 1.29 is 0 Å². The Hall–Kier alpha value is -4.47. The molecule has 7 aromatic rings. The van der Waals surface area contributed by atoms with E-state index in [1.807, 2.05) is 11.8 Å². The van der Waals surface area contributed by atoms with Crippen LogP contribution in [0.5, 0.6) is 0 Å². The number of hydrogen-bond donors (Lipinski definition) is 0. The van der Waals surface area contributed by atoms with E-state index in [0.29, 0.717) is 11.2 Å². The molecule has 9 rings (SSSR count). The van der Waals surface area contributed by atoms with E-state index in [0.717, 1.165) is 0 Å². The summed E-state index contributed by atoms with van der Waals surface area (Å²) in [5, 5.41) is 5.62. The van der Waals surface area contributed by atoms with E-state index in [9.17, 15) is 0 Å². The minimum absolute atomic E-state index is 0.449. The van der Waals surface area contributed by atoms with Crippen molar-refractivity contribution in [2.24, 2.45) is 0 Å². The predicted octanol–water partition coefficient (Wildman–Crippen LogP) is 9.56. The number of hydrogen-bond acceptors (Lipinski definition) is 1. The van der Waals surface area contributed by atoms with E-state index in [2.05, 4.69) is 143 Å². The number of allylic oxidation sites excluding steroid dienone is 3. The molecule has 0 saturated carbocycles. The highest BCUT2D eigenvalue weighted by atomic mass is 32.2. The van der Waals surface area contributed by atoms with Gasteiger partial charge >= 0.3 is 0 Å². The van der Waals surface area contributed by atoms with Crippen molar-refractivity contribution in [3.63, 3.8) is 0 Å². The Morgan fingerprint density at radius 1 is 0.513 bits per heavy atom. The average molecular weight is 517 g/mol. The molecule has 0 radical (unpaired) electrons. The normalized spacial score (nSPS) is 17.9. The molecule has 0 bridgehead atoms. The summed E-state index contributed by atoms with van der Waals surface area (Å²) in [6, 6.07) is 40.2. The van der Waals surface area contributed by atoms with Gasteiger partial charge in [-0.15, -0.1) is 11.8 Å². The van der Waals surface area contributed by atoms with E-state index in [1.54, 1.807) is 0 Å².